The van der Waals surface area contributed by atoms with E-state index in [1.54, 1.807) is 49.6 Å². The second-order valence-corrected chi connectivity index (χ2v) is 6.71. The first-order valence-corrected chi connectivity index (χ1v) is 9.74. The topological polar surface area (TPSA) is 98.6 Å². The zero-order valence-corrected chi connectivity index (χ0v) is 16.7. The number of carbonyl (C=O) groups is 2. The van der Waals surface area contributed by atoms with Gasteiger partial charge in [0.1, 0.15) is 5.75 Å². The van der Waals surface area contributed by atoms with Crippen LogP contribution in [0.2, 0.25) is 0 Å². The van der Waals surface area contributed by atoms with Crippen LogP contribution in [0.15, 0.2) is 52.7 Å². The number of rotatable bonds is 7. The Balaban J connectivity index is 1.73. The molecule has 1 amide bonds. The van der Waals surface area contributed by atoms with Crippen LogP contribution in [-0.4, -0.2) is 42.7 Å². The fourth-order valence-corrected chi connectivity index (χ4v) is 3.00. The Hall–Kier alpha value is -3.33. The van der Waals surface area contributed by atoms with Gasteiger partial charge in [-0.1, -0.05) is 11.8 Å². The fraction of sp³-hybridized carbons (Fsp3) is 0.200. The van der Waals surface area contributed by atoms with Crippen LogP contribution in [0.1, 0.15) is 22.8 Å². The van der Waals surface area contributed by atoms with E-state index in [1.165, 1.54) is 18.0 Å². The molecule has 1 N–H and O–H groups in total. The maximum Gasteiger partial charge on any atom is 0.343 e. The molecule has 1 fully saturated rings. The van der Waals surface area contributed by atoms with E-state index in [0.29, 0.717) is 45.9 Å². The van der Waals surface area contributed by atoms with E-state index in [0.717, 1.165) is 0 Å². The number of thioether (sulfide) groups is 1. The molecule has 0 unspecified atom stereocenters. The molecule has 2 aromatic carbocycles. The molecular formula is C20H19N3O5S. The third-order valence-corrected chi connectivity index (χ3v) is 4.60. The van der Waals surface area contributed by atoms with Gasteiger partial charge < -0.3 is 19.5 Å². The van der Waals surface area contributed by atoms with Gasteiger partial charge >= 0.3 is 5.97 Å². The molecule has 2 aromatic rings. The summed E-state index contributed by atoms with van der Waals surface area (Å²) in [5, 5.41) is 11.0. The maximum atomic E-state index is 12.4. The second kappa shape index (κ2) is 9.74. The minimum Gasteiger partial charge on any atom is -0.497 e. The molecule has 1 aliphatic heterocycles. The number of amidine groups is 1. The van der Waals surface area contributed by atoms with Crippen molar-refractivity contribution in [3.05, 3.63) is 53.6 Å². The van der Waals surface area contributed by atoms with E-state index in [-0.39, 0.29) is 5.91 Å². The first kappa shape index (κ1) is 20.4. The number of esters is 1. The lowest BCUT2D eigenvalue weighted by Gasteiger charge is -2.11. The Morgan fingerprint density at radius 3 is 2.66 bits per heavy atom. The Bertz CT molecular complexity index is 957. The summed E-state index contributed by atoms with van der Waals surface area (Å²) in [5.41, 5.74) is 1.10. The van der Waals surface area contributed by atoms with Crippen molar-refractivity contribution in [3.8, 4) is 17.2 Å². The summed E-state index contributed by atoms with van der Waals surface area (Å²) in [4.78, 5) is 23.5. The number of methoxy groups -OCH3 is 1. The zero-order chi connectivity index (χ0) is 20.6. The Labute approximate surface area is 171 Å². The summed E-state index contributed by atoms with van der Waals surface area (Å²) in [6, 6.07) is 11.7. The van der Waals surface area contributed by atoms with Crippen LogP contribution >= 0.6 is 11.8 Å². The number of benzene rings is 2. The SMILES string of the molecule is CCOc1cc(C=N/N=C2/NC(=O)CS2)ccc1OC(=O)c1ccc(OC)cc1. The summed E-state index contributed by atoms with van der Waals surface area (Å²) < 4.78 is 16.2. The number of nitrogens with zero attached hydrogens (tertiary/aromatic N) is 2. The third-order valence-electron chi connectivity index (χ3n) is 3.74. The van der Waals surface area contributed by atoms with Crippen LogP contribution in [0.4, 0.5) is 0 Å². The van der Waals surface area contributed by atoms with E-state index in [4.69, 9.17) is 14.2 Å². The summed E-state index contributed by atoms with van der Waals surface area (Å²) in [6.45, 7) is 2.24. The minimum absolute atomic E-state index is 0.0920. The van der Waals surface area contributed by atoms with Crippen molar-refractivity contribution in [2.75, 3.05) is 19.5 Å². The van der Waals surface area contributed by atoms with Crippen molar-refractivity contribution in [1.29, 1.82) is 0 Å². The number of carbonyl (C=O) groups excluding carboxylic acids is 2. The molecule has 1 aliphatic rings. The number of ether oxygens (including phenoxy) is 3. The van der Waals surface area contributed by atoms with Crippen molar-refractivity contribution in [3.63, 3.8) is 0 Å². The molecule has 0 spiro atoms. The number of nitrogens with one attached hydrogen (secondary N) is 1. The lowest BCUT2D eigenvalue weighted by atomic mass is 10.2. The van der Waals surface area contributed by atoms with Crippen LogP contribution in [0.25, 0.3) is 0 Å². The highest BCUT2D eigenvalue weighted by Crippen LogP contribution is 2.29. The number of amides is 1. The van der Waals surface area contributed by atoms with Gasteiger partial charge in [-0.3, -0.25) is 4.79 Å². The van der Waals surface area contributed by atoms with Crippen LogP contribution in [-0.2, 0) is 4.79 Å². The molecule has 150 valence electrons. The van der Waals surface area contributed by atoms with Gasteiger partial charge in [0, 0.05) is 0 Å². The molecule has 0 bridgehead atoms. The van der Waals surface area contributed by atoms with Gasteiger partial charge in [0.25, 0.3) is 0 Å². The van der Waals surface area contributed by atoms with E-state index in [1.807, 2.05) is 6.92 Å². The van der Waals surface area contributed by atoms with Crippen molar-refractivity contribution in [2.45, 2.75) is 6.92 Å². The molecule has 9 heteroatoms. The smallest absolute Gasteiger partial charge is 0.343 e. The summed E-state index contributed by atoms with van der Waals surface area (Å²) in [5.74, 6) is 1.11. The highest BCUT2D eigenvalue weighted by atomic mass is 32.2. The van der Waals surface area contributed by atoms with E-state index >= 15 is 0 Å². The van der Waals surface area contributed by atoms with Crippen molar-refractivity contribution in [2.24, 2.45) is 10.2 Å². The Morgan fingerprint density at radius 2 is 2.00 bits per heavy atom. The average Bonchev–Trinajstić information content (AvgIpc) is 3.15. The molecule has 29 heavy (non-hydrogen) atoms. The Kier molecular flexibility index (Phi) is 6.85. The first-order chi connectivity index (χ1) is 14.1. The van der Waals surface area contributed by atoms with Crippen LogP contribution in [0.3, 0.4) is 0 Å². The first-order valence-electron chi connectivity index (χ1n) is 8.76. The summed E-state index contributed by atoms with van der Waals surface area (Å²) >= 11 is 1.29. The van der Waals surface area contributed by atoms with Crippen molar-refractivity contribution >= 4 is 35.0 Å². The van der Waals surface area contributed by atoms with Gasteiger partial charge in [-0.2, -0.15) is 5.10 Å². The highest BCUT2D eigenvalue weighted by molar-refractivity contribution is 8.15. The molecule has 3 rings (SSSR count). The summed E-state index contributed by atoms with van der Waals surface area (Å²) in [7, 11) is 1.56. The third kappa shape index (κ3) is 5.58. The molecule has 1 saturated heterocycles. The van der Waals surface area contributed by atoms with Gasteiger partial charge in [-0.25, -0.2) is 4.79 Å². The average molecular weight is 413 g/mol. The molecule has 0 aliphatic carbocycles. The van der Waals surface area contributed by atoms with E-state index < -0.39 is 5.97 Å². The van der Waals surface area contributed by atoms with Crippen LogP contribution in [0.5, 0.6) is 17.2 Å². The lowest BCUT2D eigenvalue weighted by Crippen LogP contribution is -2.19. The second-order valence-electron chi connectivity index (χ2n) is 5.74. The highest BCUT2D eigenvalue weighted by Gasteiger charge is 2.16. The normalized spacial score (nSPS) is 14.8. The molecule has 0 atom stereocenters. The predicted molar refractivity (Wildman–Crippen MR) is 111 cm³/mol. The molecule has 8 nitrogen and oxygen atoms in total. The van der Waals surface area contributed by atoms with Gasteiger partial charge in [-0.05, 0) is 55.0 Å². The predicted octanol–water partition coefficient (Wildman–Crippen LogP) is 2.87. The summed E-state index contributed by atoms with van der Waals surface area (Å²) in [6.07, 6.45) is 1.52. The van der Waals surface area contributed by atoms with E-state index in [9.17, 15) is 9.59 Å². The molecule has 0 radical (unpaired) electrons. The molecular weight excluding hydrogens is 394 g/mol. The fourth-order valence-electron chi connectivity index (χ4n) is 2.37. The van der Waals surface area contributed by atoms with Crippen LogP contribution < -0.4 is 19.5 Å². The molecule has 0 aromatic heterocycles. The van der Waals surface area contributed by atoms with Crippen molar-refractivity contribution in [1.82, 2.24) is 5.32 Å². The monoisotopic (exact) mass is 413 g/mol. The molecule has 0 saturated carbocycles. The maximum absolute atomic E-state index is 12.4. The van der Waals surface area contributed by atoms with Gasteiger partial charge in [0.15, 0.2) is 16.7 Å². The van der Waals surface area contributed by atoms with Crippen molar-refractivity contribution < 1.29 is 23.8 Å². The van der Waals surface area contributed by atoms with E-state index in [2.05, 4.69) is 15.5 Å². The Morgan fingerprint density at radius 1 is 1.21 bits per heavy atom. The molecule has 1 heterocycles. The number of hydrogen-bond acceptors (Lipinski definition) is 8. The zero-order valence-electron chi connectivity index (χ0n) is 15.9. The van der Waals surface area contributed by atoms with Gasteiger partial charge in [0.2, 0.25) is 5.91 Å². The van der Waals surface area contributed by atoms with Crippen LogP contribution in [0, 0.1) is 0 Å². The lowest BCUT2D eigenvalue weighted by molar-refractivity contribution is -0.116. The number of hydrogen-bond donors (Lipinski definition) is 1. The van der Waals surface area contributed by atoms with Gasteiger partial charge in [0.05, 0.1) is 31.2 Å². The van der Waals surface area contributed by atoms with Gasteiger partial charge in [-0.15, -0.1) is 5.10 Å². The minimum atomic E-state index is -0.504. The largest absolute Gasteiger partial charge is 0.497 e. The standard InChI is InChI=1S/C20H19N3O5S/c1-3-27-17-10-13(11-21-23-20-22-18(24)12-29-20)4-9-16(17)28-19(25)14-5-7-15(26-2)8-6-14/h4-11H,3,12H2,1-2H3,(H,22,23,24). The quantitative estimate of drug-likeness (QED) is 0.324.